The van der Waals surface area contributed by atoms with Crippen LogP contribution in [-0.2, 0) is 6.54 Å². The first-order valence-corrected chi connectivity index (χ1v) is 8.25. The number of aromatic nitrogens is 2. The number of hydroxylamine groups is 1. The average Bonchev–Trinajstić information content (AvgIpc) is 2.68. The number of hydrogen-bond donors (Lipinski definition) is 0. The van der Waals surface area contributed by atoms with Crippen LogP contribution >= 0.6 is 23.2 Å². The topological polar surface area (TPSA) is 61.0 Å². The fourth-order valence-corrected chi connectivity index (χ4v) is 3.35. The zero-order valence-corrected chi connectivity index (χ0v) is 14.3. The van der Waals surface area contributed by atoms with Crippen LogP contribution in [0.3, 0.4) is 0 Å². The van der Waals surface area contributed by atoms with Gasteiger partial charge in [-0.3, -0.25) is 9.36 Å². The minimum absolute atomic E-state index is 0.0804. The fraction of sp³-hybridized carbons (Fsp3) is 0.0556. The first-order chi connectivity index (χ1) is 12.0. The summed E-state index contributed by atoms with van der Waals surface area (Å²) < 4.78 is 2.52. The Kier molecular flexibility index (Phi) is 3.82. The molecule has 1 aromatic heterocycles. The Morgan fingerprint density at radius 2 is 1.88 bits per heavy atom. The van der Waals surface area contributed by atoms with E-state index in [1.54, 1.807) is 47.2 Å². The predicted octanol–water partition coefficient (Wildman–Crippen LogP) is 3.40. The molecule has 0 N–H and O–H groups in total. The van der Waals surface area contributed by atoms with Crippen LogP contribution in [0.25, 0.3) is 5.69 Å². The molecule has 0 atom stereocenters. The lowest BCUT2D eigenvalue weighted by molar-refractivity contribution is -0.475. The zero-order valence-electron chi connectivity index (χ0n) is 12.8. The second kappa shape index (κ2) is 6.02. The molecule has 2 aromatic carbocycles. The number of rotatable bonds is 1. The molecule has 0 fully saturated rings. The summed E-state index contributed by atoms with van der Waals surface area (Å²) >= 11 is 12.5. The standard InChI is InChI=1S/C18H11Cl2N3O2/c19-11-5-6-15-13(9-11)18(12-3-1-2-4-14(12)20)23(25)10-16-21-17(24)7-8-22(15)16/h1-9H,10H2. The highest BCUT2D eigenvalue weighted by molar-refractivity contribution is 6.35. The molecule has 0 bridgehead atoms. The van der Waals surface area contributed by atoms with E-state index in [4.69, 9.17) is 23.2 Å². The summed E-state index contributed by atoms with van der Waals surface area (Å²) in [4.78, 5) is 15.6. The third-order valence-corrected chi connectivity index (χ3v) is 4.58. The van der Waals surface area contributed by atoms with Gasteiger partial charge in [0, 0.05) is 17.3 Å². The lowest BCUT2D eigenvalue weighted by atomic mass is 10.0. The molecule has 0 radical (unpaired) electrons. The summed E-state index contributed by atoms with van der Waals surface area (Å²) in [6.45, 7) is -0.0804. The lowest BCUT2D eigenvalue weighted by Crippen LogP contribution is -2.19. The number of nitrogens with zero attached hydrogens (tertiary/aromatic N) is 3. The number of hydrogen-bond acceptors (Lipinski definition) is 3. The van der Waals surface area contributed by atoms with Gasteiger partial charge in [-0.2, -0.15) is 9.72 Å². The van der Waals surface area contributed by atoms with E-state index in [1.807, 2.05) is 6.07 Å². The third-order valence-electron chi connectivity index (χ3n) is 4.02. The van der Waals surface area contributed by atoms with Crippen LogP contribution in [0.5, 0.6) is 0 Å². The zero-order chi connectivity index (χ0) is 17.6. The molecule has 2 heterocycles. The first-order valence-electron chi connectivity index (χ1n) is 7.50. The van der Waals surface area contributed by atoms with Crippen LogP contribution in [0.2, 0.25) is 10.0 Å². The summed E-state index contributed by atoms with van der Waals surface area (Å²) in [6, 6.07) is 13.7. The molecule has 124 valence electrons. The molecular weight excluding hydrogens is 361 g/mol. The van der Waals surface area contributed by atoms with Gasteiger partial charge in [0.15, 0.2) is 5.82 Å². The van der Waals surface area contributed by atoms with Gasteiger partial charge >= 0.3 is 0 Å². The molecule has 4 rings (SSSR count). The summed E-state index contributed by atoms with van der Waals surface area (Å²) in [5.41, 5.74) is 1.93. The average molecular weight is 372 g/mol. The van der Waals surface area contributed by atoms with Gasteiger partial charge in [-0.1, -0.05) is 35.3 Å². The van der Waals surface area contributed by atoms with E-state index in [9.17, 15) is 10.0 Å². The molecule has 0 saturated carbocycles. The summed E-state index contributed by atoms with van der Waals surface area (Å²) in [6.07, 6.45) is 1.61. The van der Waals surface area contributed by atoms with E-state index in [2.05, 4.69) is 4.98 Å². The van der Waals surface area contributed by atoms with Crippen molar-refractivity contribution in [2.45, 2.75) is 6.54 Å². The van der Waals surface area contributed by atoms with E-state index < -0.39 is 5.56 Å². The van der Waals surface area contributed by atoms with E-state index >= 15 is 0 Å². The van der Waals surface area contributed by atoms with E-state index in [0.717, 1.165) is 4.74 Å². The van der Waals surface area contributed by atoms with Gasteiger partial charge in [-0.05, 0) is 30.3 Å². The Labute approximate surface area is 153 Å². The van der Waals surface area contributed by atoms with Crippen molar-refractivity contribution in [2.24, 2.45) is 0 Å². The van der Waals surface area contributed by atoms with E-state index in [-0.39, 0.29) is 6.54 Å². The fourth-order valence-electron chi connectivity index (χ4n) is 2.96. The smallest absolute Gasteiger partial charge is 0.273 e. The van der Waals surface area contributed by atoms with Crippen molar-refractivity contribution in [1.82, 2.24) is 9.55 Å². The maximum absolute atomic E-state index is 12.9. The molecule has 0 unspecified atom stereocenters. The largest absolute Gasteiger partial charge is 0.623 e. The number of halogens is 2. The van der Waals surface area contributed by atoms with Gasteiger partial charge in [0.25, 0.3) is 5.56 Å². The second-order valence-electron chi connectivity index (χ2n) is 5.58. The summed E-state index contributed by atoms with van der Waals surface area (Å²) in [5, 5.41) is 13.9. The highest BCUT2D eigenvalue weighted by Gasteiger charge is 2.28. The molecule has 25 heavy (non-hydrogen) atoms. The Balaban J connectivity index is 2.10. The molecule has 0 saturated heterocycles. The second-order valence-corrected chi connectivity index (χ2v) is 6.42. The van der Waals surface area contributed by atoms with Crippen LogP contribution < -0.4 is 5.56 Å². The van der Waals surface area contributed by atoms with Gasteiger partial charge in [0.05, 0.1) is 21.8 Å². The third kappa shape index (κ3) is 2.71. The van der Waals surface area contributed by atoms with Gasteiger partial charge in [0.1, 0.15) is 0 Å². The monoisotopic (exact) mass is 371 g/mol. The summed E-state index contributed by atoms with van der Waals surface area (Å²) in [7, 11) is 0. The predicted molar refractivity (Wildman–Crippen MR) is 96.8 cm³/mol. The van der Waals surface area contributed by atoms with Crippen molar-refractivity contribution >= 4 is 28.9 Å². The van der Waals surface area contributed by atoms with Crippen molar-refractivity contribution in [3.05, 3.63) is 97.3 Å². The molecular formula is C18H11Cl2N3O2. The Bertz CT molecular complexity index is 1090. The van der Waals surface area contributed by atoms with Crippen LogP contribution in [0, 0.1) is 5.21 Å². The molecule has 1 aliphatic rings. The van der Waals surface area contributed by atoms with Gasteiger partial charge in [-0.15, -0.1) is 0 Å². The van der Waals surface area contributed by atoms with Crippen LogP contribution in [0.1, 0.15) is 17.0 Å². The number of fused-ring (bicyclic) bond motifs is 3. The summed E-state index contributed by atoms with van der Waals surface area (Å²) in [5.74, 6) is 0.355. The van der Waals surface area contributed by atoms with E-state index in [1.165, 1.54) is 6.07 Å². The minimum atomic E-state index is -0.392. The van der Waals surface area contributed by atoms with E-state index in [0.29, 0.717) is 38.4 Å². The molecule has 0 amide bonds. The Morgan fingerprint density at radius 3 is 2.68 bits per heavy atom. The number of benzene rings is 2. The lowest BCUT2D eigenvalue weighted by Gasteiger charge is -2.12. The highest BCUT2D eigenvalue weighted by Crippen LogP contribution is 2.28. The van der Waals surface area contributed by atoms with Crippen molar-refractivity contribution in [1.29, 1.82) is 0 Å². The minimum Gasteiger partial charge on any atom is -0.623 e. The van der Waals surface area contributed by atoms with Gasteiger partial charge in [-0.25, -0.2) is 0 Å². The van der Waals surface area contributed by atoms with Crippen LogP contribution in [0.15, 0.2) is 59.5 Å². The van der Waals surface area contributed by atoms with Crippen LogP contribution in [-0.4, -0.2) is 20.0 Å². The molecule has 3 aromatic rings. The van der Waals surface area contributed by atoms with Gasteiger partial charge < -0.3 is 5.21 Å². The van der Waals surface area contributed by atoms with Crippen molar-refractivity contribution in [3.63, 3.8) is 0 Å². The maximum Gasteiger partial charge on any atom is 0.273 e. The van der Waals surface area contributed by atoms with Crippen molar-refractivity contribution in [3.8, 4) is 5.69 Å². The normalized spacial score (nSPS) is 13.2. The molecule has 5 nitrogen and oxygen atoms in total. The van der Waals surface area contributed by atoms with Crippen molar-refractivity contribution < 1.29 is 4.74 Å². The van der Waals surface area contributed by atoms with Gasteiger partial charge in [0.2, 0.25) is 12.3 Å². The quantitative estimate of drug-likeness (QED) is 0.486. The highest BCUT2D eigenvalue weighted by atomic mass is 35.5. The SMILES string of the molecule is O=c1ccn2c(n1)C[N+]([O-])=C(c1ccccc1Cl)c1cc(Cl)ccc1-2. The maximum atomic E-state index is 12.9. The van der Waals surface area contributed by atoms with Crippen molar-refractivity contribution in [2.75, 3.05) is 0 Å². The van der Waals surface area contributed by atoms with Crippen LogP contribution in [0.4, 0.5) is 0 Å². The Morgan fingerprint density at radius 1 is 1.08 bits per heavy atom. The molecule has 7 heteroatoms. The molecule has 0 aliphatic carbocycles. The Hall–Kier alpha value is -2.63. The molecule has 0 spiro atoms. The molecule has 1 aliphatic heterocycles. The first kappa shape index (κ1) is 15.9.